The van der Waals surface area contributed by atoms with Crippen LogP contribution in [0, 0.1) is 0 Å². The Morgan fingerprint density at radius 3 is 1.97 bits per heavy atom. The molecule has 0 aliphatic carbocycles. The van der Waals surface area contributed by atoms with Crippen LogP contribution in [-0.4, -0.2) is 47.0 Å². The lowest BCUT2D eigenvalue weighted by Gasteiger charge is -2.44. The predicted octanol–water partition coefficient (Wildman–Crippen LogP) is 5.79. The normalized spacial score (nSPS) is 24.7. The van der Waals surface area contributed by atoms with Crippen molar-refractivity contribution >= 4 is 18.7 Å². The van der Waals surface area contributed by atoms with Gasteiger partial charge in [-0.3, -0.25) is 0 Å². The van der Waals surface area contributed by atoms with Crippen LogP contribution in [0.25, 0.3) is 0 Å². The fourth-order valence-electron chi connectivity index (χ4n) is 5.71. The van der Waals surface area contributed by atoms with Crippen molar-refractivity contribution in [1.82, 2.24) is 0 Å². The van der Waals surface area contributed by atoms with Gasteiger partial charge in [0.05, 0.1) is 32.5 Å². The smallest absolute Gasteiger partial charge is 0.261 e. The molecule has 1 saturated heterocycles. The number of hydrogen-bond acceptors (Lipinski definition) is 5. The molecule has 2 aliphatic heterocycles. The van der Waals surface area contributed by atoms with Crippen molar-refractivity contribution in [3.63, 3.8) is 0 Å². The Bertz CT molecular complexity index is 1170. The maximum Gasteiger partial charge on any atom is 0.261 e. The zero-order chi connectivity index (χ0) is 27.3. The molecular weight excluding hydrogens is 504 g/mol. The lowest BCUT2D eigenvalue weighted by molar-refractivity contribution is -0.273. The molecule has 6 heteroatoms. The van der Waals surface area contributed by atoms with E-state index >= 15 is 0 Å². The van der Waals surface area contributed by atoms with Crippen LogP contribution in [0.1, 0.15) is 45.5 Å². The average Bonchev–Trinajstić information content (AvgIpc) is 2.95. The number of hydrogen-bond donors (Lipinski definition) is 0. The van der Waals surface area contributed by atoms with Gasteiger partial charge in [0.2, 0.25) is 0 Å². The van der Waals surface area contributed by atoms with Gasteiger partial charge in [0, 0.05) is 5.56 Å². The molecule has 0 unspecified atom stereocenters. The molecule has 0 saturated carbocycles. The second kappa shape index (κ2) is 12.2. The standard InChI is InChI=1S/C33H40O5Si/c1-33(2,3)39(28-14-7-5-8-15-28,29-16-9-6-10-17-29)36-23-27-13-11-12-18-30-31(37-27)24-35-32(38-30)25-19-21-26(34-4)22-20-25/h5-12,14-17,19-22,27,30-32H,13,18,23-24H2,1-4H3/b12-11-/t27-,30+,31-,32-/m1/s1. The minimum atomic E-state index is -2.65. The van der Waals surface area contributed by atoms with Crippen LogP contribution in [0.15, 0.2) is 97.1 Å². The van der Waals surface area contributed by atoms with Crippen LogP contribution < -0.4 is 15.1 Å². The Hall–Kier alpha value is -2.74. The quantitative estimate of drug-likeness (QED) is 0.278. The largest absolute Gasteiger partial charge is 0.497 e. The second-order valence-corrected chi connectivity index (χ2v) is 15.6. The van der Waals surface area contributed by atoms with Gasteiger partial charge in [-0.1, -0.05) is 106 Å². The van der Waals surface area contributed by atoms with Crippen LogP contribution in [0.5, 0.6) is 5.75 Å². The molecule has 0 bridgehead atoms. The highest BCUT2D eigenvalue weighted by Gasteiger charge is 2.50. The minimum Gasteiger partial charge on any atom is -0.497 e. The van der Waals surface area contributed by atoms with Gasteiger partial charge in [-0.25, -0.2) is 0 Å². The highest BCUT2D eigenvalue weighted by atomic mass is 28.4. The Morgan fingerprint density at radius 2 is 1.38 bits per heavy atom. The van der Waals surface area contributed by atoms with Crippen molar-refractivity contribution in [2.75, 3.05) is 20.3 Å². The number of methoxy groups -OCH3 is 1. The van der Waals surface area contributed by atoms with Gasteiger partial charge >= 0.3 is 0 Å². The predicted molar refractivity (Wildman–Crippen MR) is 157 cm³/mol. The minimum absolute atomic E-state index is 0.0850. The van der Waals surface area contributed by atoms with Gasteiger partial charge in [-0.15, -0.1) is 0 Å². The lowest BCUT2D eigenvalue weighted by atomic mass is 10.1. The molecule has 1 fully saturated rings. The summed E-state index contributed by atoms with van der Waals surface area (Å²) < 4.78 is 31.7. The van der Waals surface area contributed by atoms with E-state index < -0.39 is 14.6 Å². The van der Waals surface area contributed by atoms with Crippen LogP contribution in [-0.2, 0) is 18.6 Å². The first-order chi connectivity index (χ1) is 18.9. The Balaban J connectivity index is 1.34. The van der Waals surface area contributed by atoms with Gasteiger partial charge in [-0.05, 0) is 40.4 Å². The van der Waals surface area contributed by atoms with E-state index in [9.17, 15) is 0 Å². The van der Waals surface area contributed by atoms with Crippen LogP contribution >= 0.6 is 0 Å². The van der Waals surface area contributed by atoms with Gasteiger partial charge in [-0.2, -0.15) is 0 Å². The average molecular weight is 545 g/mol. The zero-order valence-electron chi connectivity index (χ0n) is 23.4. The summed E-state index contributed by atoms with van der Waals surface area (Å²) >= 11 is 0. The molecule has 5 nitrogen and oxygen atoms in total. The fourth-order valence-corrected chi connectivity index (χ4v) is 10.3. The van der Waals surface area contributed by atoms with E-state index in [1.807, 2.05) is 24.3 Å². The first-order valence-electron chi connectivity index (χ1n) is 13.9. The molecule has 0 spiro atoms. The molecule has 0 radical (unpaired) electrons. The number of fused-ring (bicyclic) bond motifs is 1. The summed E-state index contributed by atoms with van der Waals surface area (Å²) in [5, 5.41) is 2.46. The van der Waals surface area contributed by atoms with Gasteiger partial charge < -0.3 is 23.4 Å². The molecular formula is C33H40O5Si. The third-order valence-electron chi connectivity index (χ3n) is 7.72. The summed E-state index contributed by atoms with van der Waals surface area (Å²) in [7, 11) is -0.980. The third-order valence-corrected chi connectivity index (χ3v) is 12.7. The summed E-state index contributed by atoms with van der Waals surface area (Å²) in [6, 6.07) is 29.3. The molecule has 5 rings (SSSR count). The van der Waals surface area contributed by atoms with Crippen molar-refractivity contribution in [1.29, 1.82) is 0 Å². The first-order valence-corrected chi connectivity index (χ1v) is 15.8. The third kappa shape index (κ3) is 6.05. The highest BCUT2D eigenvalue weighted by Crippen LogP contribution is 2.37. The Morgan fingerprint density at radius 1 is 0.769 bits per heavy atom. The molecule has 3 aromatic rings. The molecule has 0 aromatic heterocycles. The summed E-state index contributed by atoms with van der Waals surface area (Å²) in [6.45, 7) is 7.89. The number of benzene rings is 3. The van der Waals surface area contributed by atoms with E-state index in [1.54, 1.807) is 7.11 Å². The van der Waals surface area contributed by atoms with Gasteiger partial charge in [0.1, 0.15) is 11.9 Å². The number of rotatable bonds is 7. The molecule has 0 amide bonds. The van der Waals surface area contributed by atoms with Gasteiger partial charge in [0.25, 0.3) is 8.32 Å². The Labute approximate surface area is 233 Å². The van der Waals surface area contributed by atoms with E-state index in [4.69, 9.17) is 23.4 Å². The van der Waals surface area contributed by atoms with Gasteiger partial charge in [0.15, 0.2) is 6.29 Å². The molecule has 3 aromatic carbocycles. The summed E-state index contributed by atoms with van der Waals surface area (Å²) in [6.07, 6.45) is 5.26. The maximum atomic E-state index is 7.18. The van der Waals surface area contributed by atoms with Crippen molar-refractivity contribution in [3.8, 4) is 5.75 Å². The highest BCUT2D eigenvalue weighted by molar-refractivity contribution is 6.99. The molecule has 206 valence electrons. The van der Waals surface area contributed by atoms with Crippen LogP contribution in [0.2, 0.25) is 5.04 Å². The lowest BCUT2D eigenvalue weighted by Crippen LogP contribution is -2.67. The fraction of sp³-hybridized carbons (Fsp3) is 0.394. The van der Waals surface area contributed by atoms with E-state index in [0.717, 1.165) is 24.2 Å². The van der Waals surface area contributed by atoms with Crippen molar-refractivity contribution in [2.24, 2.45) is 0 Å². The maximum absolute atomic E-state index is 7.18. The Kier molecular flexibility index (Phi) is 8.69. The van der Waals surface area contributed by atoms with Crippen molar-refractivity contribution < 1.29 is 23.4 Å². The monoisotopic (exact) mass is 544 g/mol. The van der Waals surface area contributed by atoms with E-state index in [1.165, 1.54) is 10.4 Å². The summed E-state index contributed by atoms with van der Waals surface area (Å²) in [5.74, 6) is 0.813. The molecule has 39 heavy (non-hydrogen) atoms. The van der Waals surface area contributed by atoms with E-state index in [0.29, 0.717) is 13.2 Å². The SMILES string of the molecule is COc1ccc([C@@H]2OC[C@H]3O[C@@H](CO[Si](c4ccccc4)(c4ccccc4)C(C)(C)C)C/C=C\C[C@@H]3O2)cc1. The first kappa shape index (κ1) is 27.8. The van der Waals surface area contributed by atoms with Crippen molar-refractivity contribution in [2.45, 2.75) is 63.3 Å². The molecule has 2 aliphatic rings. The summed E-state index contributed by atoms with van der Waals surface area (Å²) in [5.41, 5.74) is 0.979. The topological polar surface area (TPSA) is 46.2 Å². The van der Waals surface area contributed by atoms with Crippen LogP contribution in [0.3, 0.4) is 0 Å². The molecule has 4 atom stereocenters. The zero-order valence-corrected chi connectivity index (χ0v) is 24.4. The molecule has 2 heterocycles. The van der Waals surface area contributed by atoms with Crippen LogP contribution in [0.4, 0.5) is 0 Å². The van der Waals surface area contributed by atoms with Crippen molar-refractivity contribution in [3.05, 3.63) is 103 Å². The van der Waals surface area contributed by atoms with E-state index in [-0.39, 0.29) is 23.4 Å². The number of ether oxygens (including phenoxy) is 4. The van der Waals surface area contributed by atoms with E-state index in [2.05, 4.69) is 93.6 Å². The second-order valence-electron chi connectivity index (χ2n) is 11.3. The molecule has 0 N–H and O–H groups in total. The summed E-state index contributed by atoms with van der Waals surface area (Å²) in [4.78, 5) is 0.